The van der Waals surface area contributed by atoms with Crippen molar-refractivity contribution >= 4 is 17.4 Å². The van der Waals surface area contributed by atoms with E-state index in [4.69, 9.17) is 10.8 Å². The third-order valence-electron chi connectivity index (χ3n) is 1.87. The standard InChI is InChI=1S/C10H12F3NOS/c11-10(12,13)8-6-7(14)2-3-9(8)16-5-1-4-15/h2-3,6,15H,1,4-5,14H2. The topological polar surface area (TPSA) is 46.2 Å². The van der Waals surface area contributed by atoms with Gasteiger partial charge in [0.25, 0.3) is 0 Å². The Kier molecular flexibility index (Phi) is 4.49. The molecule has 1 aromatic rings. The highest BCUT2D eigenvalue weighted by Gasteiger charge is 2.33. The zero-order valence-electron chi connectivity index (χ0n) is 8.42. The van der Waals surface area contributed by atoms with Crippen molar-refractivity contribution in [3.63, 3.8) is 0 Å². The predicted octanol–water partition coefficient (Wildman–Crippen LogP) is 2.76. The van der Waals surface area contributed by atoms with Crippen molar-refractivity contribution in [3.8, 4) is 0 Å². The average Bonchev–Trinajstić information content (AvgIpc) is 2.19. The lowest BCUT2D eigenvalue weighted by Gasteiger charge is -2.12. The van der Waals surface area contributed by atoms with E-state index in [9.17, 15) is 13.2 Å². The molecule has 0 amide bonds. The summed E-state index contributed by atoms with van der Waals surface area (Å²) < 4.78 is 37.9. The van der Waals surface area contributed by atoms with Gasteiger partial charge in [0.15, 0.2) is 0 Å². The van der Waals surface area contributed by atoms with Crippen molar-refractivity contribution < 1.29 is 18.3 Å². The SMILES string of the molecule is Nc1ccc(SCCCO)c(C(F)(F)F)c1. The number of hydrogen-bond donors (Lipinski definition) is 2. The van der Waals surface area contributed by atoms with Gasteiger partial charge in [0.05, 0.1) is 5.56 Å². The van der Waals surface area contributed by atoms with Crippen LogP contribution in [0.1, 0.15) is 12.0 Å². The van der Waals surface area contributed by atoms with E-state index in [1.165, 1.54) is 12.1 Å². The second-order valence-corrected chi connectivity index (χ2v) is 4.32. The summed E-state index contributed by atoms with van der Waals surface area (Å²) in [4.78, 5) is 0.148. The van der Waals surface area contributed by atoms with Gasteiger partial charge in [0.2, 0.25) is 0 Å². The minimum atomic E-state index is -4.39. The molecule has 2 nitrogen and oxygen atoms in total. The van der Waals surface area contributed by atoms with E-state index in [1.54, 1.807) is 0 Å². The molecule has 16 heavy (non-hydrogen) atoms. The Hall–Kier alpha value is -0.880. The quantitative estimate of drug-likeness (QED) is 0.491. The maximum absolute atomic E-state index is 12.6. The molecule has 0 aliphatic carbocycles. The molecule has 6 heteroatoms. The van der Waals surface area contributed by atoms with Crippen molar-refractivity contribution in [1.29, 1.82) is 0 Å². The summed E-state index contributed by atoms with van der Waals surface area (Å²) >= 11 is 1.07. The number of alkyl halides is 3. The Morgan fingerprint density at radius 1 is 1.31 bits per heavy atom. The molecule has 1 rings (SSSR count). The van der Waals surface area contributed by atoms with E-state index in [1.807, 2.05) is 0 Å². The smallest absolute Gasteiger partial charge is 0.399 e. The van der Waals surface area contributed by atoms with Crippen LogP contribution in [-0.4, -0.2) is 17.5 Å². The first-order chi connectivity index (χ1) is 7.45. The van der Waals surface area contributed by atoms with Crippen LogP contribution in [0.25, 0.3) is 0 Å². The van der Waals surface area contributed by atoms with Crippen LogP contribution in [0.2, 0.25) is 0 Å². The lowest BCUT2D eigenvalue weighted by atomic mass is 10.2. The van der Waals surface area contributed by atoms with E-state index in [0.29, 0.717) is 12.2 Å². The van der Waals surface area contributed by atoms with Crippen molar-refractivity contribution in [2.45, 2.75) is 17.5 Å². The van der Waals surface area contributed by atoms with Crippen molar-refractivity contribution in [3.05, 3.63) is 23.8 Å². The molecule has 0 saturated carbocycles. The van der Waals surface area contributed by atoms with Gasteiger partial charge in [-0.1, -0.05) is 0 Å². The van der Waals surface area contributed by atoms with Crippen LogP contribution in [0.5, 0.6) is 0 Å². The fraction of sp³-hybridized carbons (Fsp3) is 0.400. The molecule has 0 fully saturated rings. The number of benzene rings is 1. The van der Waals surface area contributed by atoms with Crippen LogP contribution in [0.4, 0.5) is 18.9 Å². The largest absolute Gasteiger partial charge is 0.417 e. The molecular formula is C10H12F3NOS. The van der Waals surface area contributed by atoms with Crippen LogP contribution in [-0.2, 0) is 6.18 Å². The Labute approximate surface area is 95.6 Å². The van der Waals surface area contributed by atoms with Gasteiger partial charge in [-0.25, -0.2) is 0 Å². The van der Waals surface area contributed by atoms with Gasteiger partial charge < -0.3 is 10.8 Å². The molecule has 3 N–H and O–H groups in total. The molecule has 0 aliphatic heterocycles. The number of anilines is 1. The van der Waals surface area contributed by atoms with Crippen LogP contribution >= 0.6 is 11.8 Å². The van der Waals surface area contributed by atoms with Crippen molar-refractivity contribution in [2.75, 3.05) is 18.1 Å². The number of aliphatic hydroxyl groups excluding tert-OH is 1. The van der Waals surface area contributed by atoms with Crippen LogP contribution in [0.15, 0.2) is 23.1 Å². The van der Waals surface area contributed by atoms with Gasteiger partial charge in [0.1, 0.15) is 0 Å². The molecule has 0 atom stereocenters. The first kappa shape index (κ1) is 13.2. The second-order valence-electron chi connectivity index (χ2n) is 3.18. The van der Waals surface area contributed by atoms with Gasteiger partial charge in [-0.3, -0.25) is 0 Å². The van der Waals surface area contributed by atoms with Gasteiger partial charge in [-0.15, -0.1) is 11.8 Å². The number of halogens is 3. The van der Waals surface area contributed by atoms with Gasteiger partial charge in [-0.2, -0.15) is 13.2 Å². The molecule has 0 unspecified atom stereocenters. The zero-order valence-corrected chi connectivity index (χ0v) is 9.24. The zero-order chi connectivity index (χ0) is 12.2. The fourth-order valence-electron chi connectivity index (χ4n) is 1.14. The molecule has 0 bridgehead atoms. The molecule has 1 aromatic carbocycles. The van der Waals surface area contributed by atoms with E-state index in [0.717, 1.165) is 17.8 Å². The number of thioether (sulfide) groups is 1. The number of nitrogens with two attached hydrogens (primary N) is 1. The highest BCUT2D eigenvalue weighted by molar-refractivity contribution is 7.99. The predicted molar refractivity (Wildman–Crippen MR) is 58.3 cm³/mol. The number of nitrogen functional groups attached to an aromatic ring is 1. The second kappa shape index (κ2) is 5.45. The van der Waals surface area contributed by atoms with Gasteiger partial charge in [0, 0.05) is 22.9 Å². The van der Waals surface area contributed by atoms with Crippen LogP contribution < -0.4 is 5.73 Å². The summed E-state index contributed by atoms with van der Waals surface area (Å²) in [5.74, 6) is 0.448. The molecule has 0 aromatic heterocycles. The molecule has 0 heterocycles. The van der Waals surface area contributed by atoms with E-state index >= 15 is 0 Å². The Bertz CT molecular complexity index is 354. The maximum Gasteiger partial charge on any atom is 0.417 e. The summed E-state index contributed by atoms with van der Waals surface area (Å²) in [6.07, 6.45) is -3.93. The van der Waals surface area contributed by atoms with Crippen LogP contribution in [0, 0.1) is 0 Å². The molecule has 90 valence electrons. The first-order valence-electron chi connectivity index (χ1n) is 4.65. The lowest BCUT2D eigenvalue weighted by Crippen LogP contribution is -2.07. The highest BCUT2D eigenvalue weighted by atomic mass is 32.2. The summed E-state index contributed by atoms with van der Waals surface area (Å²) in [7, 11) is 0. The van der Waals surface area contributed by atoms with Gasteiger partial charge >= 0.3 is 6.18 Å². The van der Waals surface area contributed by atoms with Gasteiger partial charge in [-0.05, 0) is 24.6 Å². The van der Waals surface area contributed by atoms with Crippen molar-refractivity contribution in [2.24, 2.45) is 0 Å². The molecule has 0 saturated heterocycles. The minimum Gasteiger partial charge on any atom is -0.399 e. The van der Waals surface area contributed by atoms with Crippen LogP contribution in [0.3, 0.4) is 0 Å². The Balaban J connectivity index is 2.90. The minimum absolute atomic E-state index is 0.0245. The normalized spacial score (nSPS) is 11.8. The summed E-state index contributed by atoms with van der Waals surface area (Å²) in [6.45, 7) is -0.0245. The monoisotopic (exact) mass is 251 g/mol. The first-order valence-corrected chi connectivity index (χ1v) is 5.64. The number of rotatable bonds is 4. The number of hydrogen-bond acceptors (Lipinski definition) is 3. The summed E-state index contributed by atoms with van der Waals surface area (Å²) in [5, 5.41) is 8.56. The third-order valence-corrected chi connectivity index (χ3v) is 3.03. The Morgan fingerprint density at radius 2 is 2.00 bits per heavy atom. The number of aliphatic hydroxyl groups is 1. The molecule has 0 radical (unpaired) electrons. The van der Waals surface area contributed by atoms with Crippen molar-refractivity contribution in [1.82, 2.24) is 0 Å². The Morgan fingerprint density at radius 3 is 2.56 bits per heavy atom. The highest BCUT2D eigenvalue weighted by Crippen LogP contribution is 2.37. The van der Waals surface area contributed by atoms with E-state index in [2.05, 4.69) is 0 Å². The fourth-order valence-corrected chi connectivity index (χ4v) is 2.13. The molecule has 0 aliphatic rings. The lowest BCUT2D eigenvalue weighted by molar-refractivity contribution is -0.139. The van der Waals surface area contributed by atoms with E-state index < -0.39 is 11.7 Å². The average molecular weight is 251 g/mol. The third kappa shape index (κ3) is 3.61. The summed E-state index contributed by atoms with van der Waals surface area (Å²) in [6, 6.07) is 3.73. The van der Waals surface area contributed by atoms with E-state index in [-0.39, 0.29) is 17.2 Å². The summed E-state index contributed by atoms with van der Waals surface area (Å²) in [5.41, 5.74) is 4.71. The maximum atomic E-state index is 12.6. The molecule has 0 spiro atoms. The molecular weight excluding hydrogens is 239 g/mol.